The van der Waals surface area contributed by atoms with E-state index in [9.17, 15) is 4.79 Å². The molecular weight excluding hydrogens is 238 g/mol. The first-order valence-electron chi connectivity index (χ1n) is 7.34. The second-order valence-electron chi connectivity index (χ2n) is 5.58. The van der Waals surface area contributed by atoms with Crippen molar-refractivity contribution in [1.29, 1.82) is 0 Å². The molecule has 0 radical (unpaired) electrons. The Morgan fingerprint density at radius 2 is 1.89 bits per heavy atom. The molecule has 0 atom stereocenters. The maximum atomic E-state index is 12.0. The molecule has 1 amide bonds. The van der Waals surface area contributed by atoms with Crippen molar-refractivity contribution in [3.8, 4) is 0 Å². The zero-order valence-electron chi connectivity index (χ0n) is 11.3. The first-order valence-corrected chi connectivity index (χ1v) is 7.34. The van der Waals surface area contributed by atoms with E-state index in [0.29, 0.717) is 11.6 Å². The lowest BCUT2D eigenvalue weighted by atomic mass is 10.2. The normalized spacial score (nSPS) is 19.9. The molecule has 2 heterocycles. The summed E-state index contributed by atoms with van der Waals surface area (Å²) < 4.78 is 0. The molecule has 1 aromatic rings. The SMILES string of the molecule is O=C(NC1CC1)c1cncc(N2CCCCCC2)c1. The number of pyridine rings is 1. The molecule has 1 N–H and O–H groups in total. The van der Waals surface area contributed by atoms with Crippen LogP contribution >= 0.6 is 0 Å². The van der Waals surface area contributed by atoms with E-state index in [1.165, 1.54) is 25.7 Å². The van der Waals surface area contributed by atoms with Crippen LogP contribution in [0.5, 0.6) is 0 Å². The highest BCUT2D eigenvalue weighted by molar-refractivity contribution is 5.95. The fourth-order valence-electron chi connectivity index (χ4n) is 2.55. The van der Waals surface area contributed by atoms with E-state index < -0.39 is 0 Å². The quantitative estimate of drug-likeness (QED) is 0.906. The molecule has 1 aliphatic carbocycles. The number of hydrogen-bond donors (Lipinski definition) is 1. The molecule has 102 valence electrons. The molecule has 1 saturated heterocycles. The van der Waals surface area contributed by atoms with Gasteiger partial charge in [-0.1, -0.05) is 12.8 Å². The Morgan fingerprint density at radius 3 is 2.58 bits per heavy atom. The topological polar surface area (TPSA) is 45.2 Å². The lowest BCUT2D eigenvalue weighted by Gasteiger charge is -2.22. The van der Waals surface area contributed by atoms with Gasteiger partial charge in [-0.15, -0.1) is 0 Å². The highest BCUT2D eigenvalue weighted by Crippen LogP contribution is 2.22. The zero-order chi connectivity index (χ0) is 13.1. The molecule has 4 heteroatoms. The summed E-state index contributed by atoms with van der Waals surface area (Å²) in [6, 6.07) is 2.38. The van der Waals surface area contributed by atoms with Crippen LogP contribution in [0.4, 0.5) is 5.69 Å². The lowest BCUT2D eigenvalue weighted by Crippen LogP contribution is -2.27. The third-order valence-corrected chi connectivity index (χ3v) is 3.87. The van der Waals surface area contributed by atoms with Gasteiger partial charge in [0.2, 0.25) is 0 Å². The summed E-state index contributed by atoms with van der Waals surface area (Å²) in [4.78, 5) is 18.6. The predicted molar refractivity (Wildman–Crippen MR) is 75.4 cm³/mol. The minimum atomic E-state index is 0.0201. The van der Waals surface area contributed by atoms with E-state index >= 15 is 0 Å². The van der Waals surface area contributed by atoms with Gasteiger partial charge in [0.1, 0.15) is 0 Å². The van der Waals surface area contributed by atoms with Gasteiger partial charge in [0, 0.05) is 25.3 Å². The maximum Gasteiger partial charge on any atom is 0.253 e. The summed E-state index contributed by atoms with van der Waals surface area (Å²) in [6.45, 7) is 2.16. The van der Waals surface area contributed by atoms with Crippen LogP contribution in [0.1, 0.15) is 48.9 Å². The Labute approximate surface area is 114 Å². The largest absolute Gasteiger partial charge is 0.370 e. The first-order chi connectivity index (χ1) is 9.33. The summed E-state index contributed by atoms with van der Waals surface area (Å²) in [5.41, 5.74) is 1.78. The Morgan fingerprint density at radius 1 is 1.16 bits per heavy atom. The van der Waals surface area contributed by atoms with Crippen LogP contribution in [0.2, 0.25) is 0 Å². The van der Waals surface area contributed by atoms with Crippen LogP contribution in [0, 0.1) is 0 Å². The minimum Gasteiger partial charge on any atom is -0.370 e. The van der Waals surface area contributed by atoms with Gasteiger partial charge in [0.15, 0.2) is 0 Å². The molecule has 1 saturated carbocycles. The maximum absolute atomic E-state index is 12.0. The highest BCUT2D eigenvalue weighted by Gasteiger charge is 2.24. The van der Waals surface area contributed by atoms with Crippen LogP contribution in [0.15, 0.2) is 18.5 Å². The van der Waals surface area contributed by atoms with Crippen LogP contribution in [0.3, 0.4) is 0 Å². The predicted octanol–water partition coefficient (Wildman–Crippen LogP) is 2.35. The number of hydrogen-bond acceptors (Lipinski definition) is 3. The van der Waals surface area contributed by atoms with E-state index in [1.54, 1.807) is 6.20 Å². The van der Waals surface area contributed by atoms with Crippen molar-refractivity contribution in [3.05, 3.63) is 24.0 Å². The van der Waals surface area contributed by atoms with Gasteiger partial charge < -0.3 is 10.2 Å². The average molecular weight is 259 g/mol. The summed E-state index contributed by atoms with van der Waals surface area (Å²) >= 11 is 0. The van der Waals surface area contributed by atoms with E-state index in [-0.39, 0.29) is 5.91 Å². The summed E-state index contributed by atoms with van der Waals surface area (Å²) in [7, 11) is 0. The van der Waals surface area contributed by atoms with Gasteiger partial charge in [-0.05, 0) is 31.7 Å². The van der Waals surface area contributed by atoms with E-state index in [4.69, 9.17) is 0 Å². The Hall–Kier alpha value is -1.58. The second kappa shape index (κ2) is 5.59. The zero-order valence-corrected chi connectivity index (χ0v) is 11.3. The fourth-order valence-corrected chi connectivity index (χ4v) is 2.55. The van der Waals surface area contributed by atoms with Gasteiger partial charge in [-0.25, -0.2) is 0 Å². The van der Waals surface area contributed by atoms with E-state index in [0.717, 1.165) is 31.6 Å². The highest BCUT2D eigenvalue weighted by atomic mass is 16.1. The monoisotopic (exact) mass is 259 g/mol. The van der Waals surface area contributed by atoms with Crippen molar-refractivity contribution in [2.75, 3.05) is 18.0 Å². The van der Waals surface area contributed by atoms with Crippen molar-refractivity contribution in [1.82, 2.24) is 10.3 Å². The number of nitrogens with one attached hydrogen (secondary N) is 1. The first kappa shape index (κ1) is 12.5. The molecule has 1 aromatic heterocycles. The molecule has 0 bridgehead atoms. The Balaban J connectivity index is 1.72. The van der Waals surface area contributed by atoms with Crippen LogP contribution < -0.4 is 10.2 Å². The third kappa shape index (κ3) is 3.25. The summed E-state index contributed by atoms with van der Waals surface area (Å²) in [5, 5.41) is 3.02. The molecule has 0 spiro atoms. The van der Waals surface area contributed by atoms with E-state index in [2.05, 4.69) is 15.2 Å². The molecule has 4 nitrogen and oxygen atoms in total. The number of carbonyl (C=O) groups excluding carboxylic acids is 1. The Bertz CT molecular complexity index is 448. The van der Waals surface area contributed by atoms with Gasteiger partial charge in [0.05, 0.1) is 17.4 Å². The van der Waals surface area contributed by atoms with Crippen LogP contribution in [0.25, 0.3) is 0 Å². The Kier molecular flexibility index (Phi) is 3.67. The third-order valence-electron chi connectivity index (χ3n) is 3.87. The molecule has 19 heavy (non-hydrogen) atoms. The van der Waals surface area contributed by atoms with Gasteiger partial charge >= 0.3 is 0 Å². The van der Waals surface area contributed by atoms with Crippen molar-refractivity contribution in [2.45, 2.75) is 44.6 Å². The number of anilines is 1. The second-order valence-corrected chi connectivity index (χ2v) is 5.58. The molecule has 0 aromatic carbocycles. The molecular formula is C15H21N3O. The summed E-state index contributed by atoms with van der Waals surface area (Å²) in [5.74, 6) is 0.0201. The van der Waals surface area contributed by atoms with Crippen LogP contribution in [-0.2, 0) is 0 Å². The van der Waals surface area contributed by atoms with Gasteiger partial charge in [-0.3, -0.25) is 9.78 Å². The lowest BCUT2D eigenvalue weighted by molar-refractivity contribution is 0.0950. The fraction of sp³-hybridized carbons (Fsp3) is 0.600. The molecule has 2 aliphatic rings. The number of aromatic nitrogens is 1. The van der Waals surface area contributed by atoms with Gasteiger partial charge in [0.25, 0.3) is 5.91 Å². The average Bonchev–Trinajstić information content (AvgIpc) is 3.25. The number of rotatable bonds is 3. The number of amides is 1. The van der Waals surface area contributed by atoms with E-state index in [1.807, 2.05) is 12.3 Å². The number of carbonyl (C=O) groups is 1. The van der Waals surface area contributed by atoms with Crippen molar-refractivity contribution in [3.63, 3.8) is 0 Å². The van der Waals surface area contributed by atoms with Crippen molar-refractivity contribution in [2.24, 2.45) is 0 Å². The summed E-state index contributed by atoms with van der Waals surface area (Å²) in [6.07, 6.45) is 10.9. The van der Waals surface area contributed by atoms with Crippen molar-refractivity contribution >= 4 is 11.6 Å². The molecule has 1 aliphatic heterocycles. The smallest absolute Gasteiger partial charge is 0.253 e. The standard InChI is InChI=1S/C15H21N3O/c19-15(17-13-5-6-13)12-9-14(11-16-10-12)18-7-3-1-2-4-8-18/h9-11,13H,1-8H2,(H,17,19). The van der Waals surface area contributed by atoms with Crippen molar-refractivity contribution < 1.29 is 4.79 Å². The molecule has 2 fully saturated rings. The molecule has 0 unspecified atom stereocenters. The minimum absolute atomic E-state index is 0.0201. The molecule has 3 rings (SSSR count). The van der Waals surface area contributed by atoms with Crippen LogP contribution in [-0.4, -0.2) is 30.0 Å². The van der Waals surface area contributed by atoms with Gasteiger partial charge in [-0.2, -0.15) is 0 Å². The number of nitrogens with zero attached hydrogens (tertiary/aromatic N) is 2.